The molecule has 1 atom stereocenters. The fraction of sp³-hybridized carbons (Fsp3) is 0.111. The molecule has 0 aliphatic carbocycles. The van der Waals surface area contributed by atoms with Crippen LogP contribution in [0.3, 0.4) is 0 Å². The number of carbonyl (C=O) groups excluding carboxylic acids is 1. The first-order valence-corrected chi connectivity index (χ1v) is 7.76. The van der Waals surface area contributed by atoms with E-state index in [9.17, 15) is 14.7 Å². The van der Waals surface area contributed by atoms with Crippen molar-refractivity contribution in [2.24, 2.45) is 0 Å². The van der Waals surface area contributed by atoms with E-state index < -0.39 is 17.9 Å². The maximum atomic E-state index is 12.2. The average Bonchev–Trinajstić information content (AvgIpc) is 2.98. The minimum atomic E-state index is -1.08. The van der Waals surface area contributed by atoms with Crippen molar-refractivity contribution >= 4 is 34.4 Å². The van der Waals surface area contributed by atoms with Crippen LogP contribution in [0.1, 0.15) is 15.9 Å². The van der Waals surface area contributed by atoms with E-state index in [1.165, 1.54) is 0 Å². The summed E-state index contributed by atoms with van der Waals surface area (Å²) in [5, 5.41) is 13.5. The lowest BCUT2D eigenvalue weighted by atomic mass is 10.0. The Morgan fingerprint density at radius 3 is 2.54 bits per heavy atom. The standard InChI is InChI=1S/C18H15ClN2O3/c19-13-7-5-11(6-8-13)17(22)21-16(18(23)24)9-12-10-20-15-4-2-1-3-14(12)15/h1-8,10,16,20H,9H2,(H,21,22)(H,23,24)/t16-/m0/s1. The first-order chi connectivity index (χ1) is 11.5. The normalized spacial score (nSPS) is 12.0. The highest BCUT2D eigenvalue weighted by atomic mass is 35.5. The summed E-state index contributed by atoms with van der Waals surface area (Å²) in [6.45, 7) is 0. The van der Waals surface area contributed by atoms with E-state index in [0.717, 1.165) is 16.5 Å². The van der Waals surface area contributed by atoms with Crippen molar-refractivity contribution in [3.05, 3.63) is 70.9 Å². The van der Waals surface area contributed by atoms with Gasteiger partial charge in [0.15, 0.2) is 0 Å². The number of hydrogen-bond acceptors (Lipinski definition) is 2. The molecule has 6 heteroatoms. The molecule has 0 radical (unpaired) electrons. The van der Waals surface area contributed by atoms with Crippen molar-refractivity contribution in [1.29, 1.82) is 0 Å². The number of hydrogen-bond donors (Lipinski definition) is 3. The average molecular weight is 343 g/mol. The van der Waals surface area contributed by atoms with Crippen molar-refractivity contribution in [2.75, 3.05) is 0 Å². The van der Waals surface area contributed by atoms with Crippen LogP contribution in [-0.4, -0.2) is 28.0 Å². The molecule has 1 heterocycles. The molecule has 3 rings (SSSR count). The zero-order valence-corrected chi connectivity index (χ0v) is 13.4. The van der Waals surface area contributed by atoms with Crippen LogP contribution < -0.4 is 5.32 Å². The highest BCUT2D eigenvalue weighted by Crippen LogP contribution is 2.19. The van der Waals surface area contributed by atoms with Gasteiger partial charge < -0.3 is 15.4 Å². The van der Waals surface area contributed by atoms with Gasteiger partial charge in [0, 0.05) is 34.1 Å². The number of amides is 1. The van der Waals surface area contributed by atoms with Gasteiger partial charge >= 0.3 is 5.97 Å². The summed E-state index contributed by atoms with van der Waals surface area (Å²) in [5.41, 5.74) is 2.14. The number of fused-ring (bicyclic) bond motifs is 1. The third kappa shape index (κ3) is 3.41. The fourth-order valence-electron chi connectivity index (χ4n) is 2.56. The van der Waals surface area contributed by atoms with Gasteiger partial charge in [-0.1, -0.05) is 29.8 Å². The summed E-state index contributed by atoms with van der Waals surface area (Å²) in [6.07, 6.45) is 1.97. The predicted molar refractivity (Wildman–Crippen MR) is 92.3 cm³/mol. The van der Waals surface area contributed by atoms with Gasteiger partial charge in [-0.05, 0) is 35.9 Å². The zero-order valence-electron chi connectivity index (χ0n) is 12.6. The molecule has 3 N–H and O–H groups in total. The molecule has 1 amide bonds. The minimum absolute atomic E-state index is 0.193. The summed E-state index contributed by atoms with van der Waals surface area (Å²) in [4.78, 5) is 26.9. The van der Waals surface area contributed by atoms with Crippen LogP contribution in [-0.2, 0) is 11.2 Å². The molecule has 0 fully saturated rings. The van der Waals surface area contributed by atoms with Crippen LogP contribution >= 0.6 is 11.6 Å². The predicted octanol–water partition coefficient (Wildman–Crippen LogP) is 3.25. The van der Waals surface area contributed by atoms with Crippen molar-refractivity contribution in [2.45, 2.75) is 12.5 Å². The Balaban J connectivity index is 1.79. The lowest BCUT2D eigenvalue weighted by Crippen LogP contribution is -2.42. The van der Waals surface area contributed by atoms with Gasteiger partial charge in [-0.15, -0.1) is 0 Å². The Bertz CT molecular complexity index is 887. The molecule has 5 nitrogen and oxygen atoms in total. The van der Waals surface area contributed by atoms with Crippen LogP contribution in [0.2, 0.25) is 5.02 Å². The zero-order chi connectivity index (χ0) is 17.1. The number of carboxylic acids is 1. The van der Waals surface area contributed by atoms with Crippen molar-refractivity contribution in [3.63, 3.8) is 0 Å². The number of rotatable bonds is 5. The van der Waals surface area contributed by atoms with Crippen LogP contribution in [0.25, 0.3) is 10.9 Å². The van der Waals surface area contributed by atoms with E-state index in [4.69, 9.17) is 11.6 Å². The van der Waals surface area contributed by atoms with Gasteiger partial charge in [-0.3, -0.25) is 4.79 Å². The summed E-state index contributed by atoms with van der Waals surface area (Å²) in [7, 11) is 0. The second-order valence-electron chi connectivity index (χ2n) is 5.43. The van der Waals surface area contributed by atoms with Gasteiger partial charge in [-0.2, -0.15) is 0 Å². The first-order valence-electron chi connectivity index (χ1n) is 7.39. The second kappa shape index (κ2) is 6.76. The largest absolute Gasteiger partial charge is 0.480 e. The van der Waals surface area contributed by atoms with E-state index in [1.54, 1.807) is 30.5 Å². The Morgan fingerprint density at radius 2 is 1.83 bits per heavy atom. The van der Waals surface area contributed by atoms with Crippen molar-refractivity contribution < 1.29 is 14.7 Å². The lowest BCUT2D eigenvalue weighted by Gasteiger charge is -2.14. The molecule has 1 aromatic heterocycles. The number of halogens is 1. The second-order valence-corrected chi connectivity index (χ2v) is 5.87. The number of aromatic nitrogens is 1. The topological polar surface area (TPSA) is 82.2 Å². The summed E-state index contributed by atoms with van der Waals surface area (Å²) >= 11 is 5.79. The van der Waals surface area contributed by atoms with Gasteiger partial charge in [-0.25, -0.2) is 4.79 Å². The maximum Gasteiger partial charge on any atom is 0.326 e. The number of nitrogens with one attached hydrogen (secondary N) is 2. The molecule has 0 bridgehead atoms. The third-order valence-electron chi connectivity index (χ3n) is 3.81. The summed E-state index contributed by atoms with van der Waals surface area (Å²) in [5.74, 6) is -1.53. The number of H-pyrrole nitrogens is 1. The van der Waals surface area contributed by atoms with Crippen molar-refractivity contribution in [1.82, 2.24) is 10.3 Å². The SMILES string of the molecule is O=C(N[C@@H](Cc1c[nH]c2ccccc12)C(=O)O)c1ccc(Cl)cc1. The van der Waals surface area contributed by atoms with E-state index in [1.807, 2.05) is 24.3 Å². The van der Waals surface area contributed by atoms with Crippen molar-refractivity contribution in [3.8, 4) is 0 Å². The highest BCUT2D eigenvalue weighted by molar-refractivity contribution is 6.30. The number of carbonyl (C=O) groups is 2. The van der Waals surface area contributed by atoms with E-state index in [-0.39, 0.29) is 6.42 Å². The van der Waals surface area contributed by atoms with Crippen LogP contribution in [0.15, 0.2) is 54.7 Å². The molecule has 0 saturated carbocycles. The smallest absolute Gasteiger partial charge is 0.326 e. The molecular weight excluding hydrogens is 328 g/mol. The number of benzene rings is 2. The molecule has 0 aliphatic rings. The molecule has 0 unspecified atom stereocenters. The van der Waals surface area contributed by atoms with Gasteiger partial charge in [0.1, 0.15) is 6.04 Å². The van der Waals surface area contributed by atoms with Gasteiger partial charge in [0.25, 0.3) is 5.91 Å². The number of aliphatic carboxylic acids is 1. The Hall–Kier alpha value is -2.79. The van der Waals surface area contributed by atoms with Crippen LogP contribution in [0, 0.1) is 0 Å². The lowest BCUT2D eigenvalue weighted by molar-refractivity contribution is -0.139. The molecule has 122 valence electrons. The maximum absolute atomic E-state index is 12.2. The Kier molecular flexibility index (Phi) is 4.53. The van der Waals surface area contributed by atoms with Crippen LogP contribution in [0.4, 0.5) is 0 Å². The van der Waals surface area contributed by atoms with Gasteiger partial charge in [0.2, 0.25) is 0 Å². The van der Waals surface area contributed by atoms with Gasteiger partial charge in [0.05, 0.1) is 0 Å². The number of aromatic amines is 1. The van der Waals surface area contributed by atoms with Crippen LogP contribution in [0.5, 0.6) is 0 Å². The third-order valence-corrected chi connectivity index (χ3v) is 4.06. The molecule has 3 aromatic rings. The van der Waals surface area contributed by atoms with E-state index in [2.05, 4.69) is 10.3 Å². The number of carboxylic acid groups (broad SMARTS) is 1. The molecule has 0 saturated heterocycles. The highest BCUT2D eigenvalue weighted by Gasteiger charge is 2.22. The minimum Gasteiger partial charge on any atom is -0.480 e. The fourth-order valence-corrected chi connectivity index (χ4v) is 2.69. The van der Waals surface area contributed by atoms with E-state index >= 15 is 0 Å². The quantitative estimate of drug-likeness (QED) is 0.665. The number of para-hydroxylation sites is 1. The Labute approximate surface area is 143 Å². The Morgan fingerprint density at radius 1 is 1.12 bits per heavy atom. The first kappa shape index (κ1) is 16.1. The van der Waals surface area contributed by atoms with E-state index in [0.29, 0.717) is 10.6 Å². The summed E-state index contributed by atoms with van der Waals surface area (Å²) < 4.78 is 0. The molecular formula is C18H15ClN2O3. The summed E-state index contributed by atoms with van der Waals surface area (Å²) in [6, 6.07) is 12.9. The molecule has 2 aromatic carbocycles. The monoisotopic (exact) mass is 342 g/mol. The molecule has 0 spiro atoms. The molecule has 0 aliphatic heterocycles. The molecule has 24 heavy (non-hydrogen) atoms.